The summed E-state index contributed by atoms with van der Waals surface area (Å²) in [6.07, 6.45) is 4.24. The van der Waals surface area contributed by atoms with Crippen LogP contribution in [0.5, 0.6) is 5.75 Å². The molecule has 1 saturated carbocycles. The summed E-state index contributed by atoms with van der Waals surface area (Å²) in [7, 11) is 0. The summed E-state index contributed by atoms with van der Waals surface area (Å²) in [6.45, 7) is 1.73. The fourth-order valence-corrected chi connectivity index (χ4v) is 2.78. The van der Waals surface area contributed by atoms with Crippen molar-refractivity contribution in [2.45, 2.75) is 44.6 Å². The molecule has 1 fully saturated rings. The zero-order valence-electron chi connectivity index (χ0n) is 12.1. The van der Waals surface area contributed by atoms with Gasteiger partial charge in [-0.25, -0.2) is 0 Å². The van der Waals surface area contributed by atoms with E-state index in [1.54, 1.807) is 19.1 Å². The van der Waals surface area contributed by atoms with Gasteiger partial charge in [0, 0.05) is 5.56 Å². The molecule has 0 atom stereocenters. The number of amidine groups is 1. The Morgan fingerprint density at radius 2 is 2.00 bits per heavy atom. The van der Waals surface area contributed by atoms with Crippen molar-refractivity contribution in [3.05, 3.63) is 29.3 Å². The lowest BCUT2D eigenvalue weighted by atomic mass is 9.80. The van der Waals surface area contributed by atoms with Crippen molar-refractivity contribution in [3.8, 4) is 5.75 Å². The van der Waals surface area contributed by atoms with Crippen LogP contribution in [-0.4, -0.2) is 27.6 Å². The van der Waals surface area contributed by atoms with Gasteiger partial charge in [-0.15, -0.1) is 0 Å². The van der Waals surface area contributed by atoms with Crippen LogP contribution < -0.4 is 11.1 Å². The molecule has 114 valence electrons. The molecule has 1 aliphatic carbocycles. The molecule has 1 aromatic rings. The molecule has 0 aliphatic heterocycles. The molecule has 0 unspecified atom stereocenters. The first-order valence-corrected chi connectivity index (χ1v) is 7.09. The summed E-state index contributed by atoms with van der Waals surface area (Å²) < 4.78 is 0. The highest BCUT2D eigenvalue weighted by Crippen LogP contribution is 2.29. The normalized spacial score (nSPS) is 18.2. The second-order valence-corrected chi connectivity index (χ2v) is 5.58. The number of aromatic hydroxyl groups is 1. The lowest BCUT2D eigenvalue weighted by Crippen LogP contribution is -2.58. The molecule has 0 heterocycles. The molecule has 0 radical (unpaired) electrons. The Balaban J connectivity index is 2.23. The number of phenolic OH excluding ortho intramolecular Hbond substituents is 1. The summed E-state index contributed by atoms with van der Waals surface area (Å²) in [5.41, 5.74) is 6.10. The van der Waals surface area contributed by atoms with E-state index in [9.17, 15) is 9.90 Å². The van der Waals surface area contributed by atoms with Crippen LogP contribution in [0, 0.1) is 6.92 Å². The van der Waals surface area contributed by atoms with Crippen molar-refractivity contribution in [1.82, 2.24) is 5.32 Å². The van der Waals surface area contributed by atoms with Crippen LogP contribution in [0.4, 0.5) is 0 Å². The van der Waals surface area contributed by atoms with E-state index in [1.165, 1.54) is 6.07 Å². The Kier molecular flexibility index (Phi) is 4.35. The number of nitrogens with two attached hydrogens (primary N) is 1. The monoisotopic (exact) mass is 291 g/mol. The zero-order valence-corrected chi connectivity index (χ0v) is 12.1. The quantitative estimate of drug-likeness (QED) is 0.295. The number of phenols is 1. The zero-order chi connectivity index (χ0) is 15.5. The van der Waals surface area contributed by atoms with E-state index in [4.69, 9.17) is 10.9 Å². The van der Waals surface area contributed by atoms with Gasteiger partial charge in [-0.2, -0.15) is 0 Å². The van der Waals surface area contributed by atoms with Crippen molar-refractivity contribution in [3.63, 3.8) is 0 Å². The van der Waals surface area contributed by atoms with Crippen molar-refractivity contribution in [2.75, 3.05) is 0 Å². The molecule has 0 bridgehead atoms. The maximum atomic E-state index is 12.4. The van der Waals surface area contributed by atoms with Gasteiger partial charge in [0.15, 0.2) is 5.84 Å². The maximum absolute atomic E-state index is 12.4. The first kappa shape index (κ1) is 15.2. The first-order valence-electron chi connectivity index (χ1n) is 7.09. The number of carbonyl (C=O) groups excluding carboxylic acids is 1. The molecule has 0 saturated heterocycles. The average molecular weight is 291 g/mol. The number of nitrogens with one attached hydrogen (secondary N) is 1. The molecule has 1 amide bonds. The van der Waals surface area contributed by atoms with Crippen LogP contribution in [0.15, 0.2) is 23.4 Å². The molecular formula is C15H21N3O3. The molecule has 0 aromatic heterocycles. The van der Waals surface area contributed by atoms with Gasteiger partial charge in [-0.3, -0.25) is 4.79 Å². The largest absolute Gasteiger partial charge is 0.508 e. The Labute approximate surface area is 123 Å². The summed E-state index contributed by atoms with van der Waals surface area (Å²) >= 11 is 0. The Bertz CT molecular complexity index is 563. The summed E-state index contributed by atoms with van der Waals surface area (Å²) in [5.74, 6) is -0.0898. The van der Waals surface area contributed by atoms with Crippen LogP contribution in [0.25, 0.3) is 0 Å². The first-order chi connectivity index (χ1) is 9.98. The van der Waals surface area contributed by atoms with Gasteiger partial charge in [0.2, 0.25) is 0 Å². The summed E-state index contributed by atoms with van der Waals surface area (Å²) in [4.78, 5) is 12.4. The van der Waals surface area contributed by atoms with Gasteiger partial charge in [0.05, 0.1) is 0 Å². The summed E-state index contributed by atoms with van der Waals surface area (Å²) in [6, 6.07) is 4.66. The van der Waals surface area contributed by atoms with Crippen LogP contribution in [0.2, 0.25) is 0 Å². The van der Waals surface area contributed by atoms with E-state index in [0.717, 1.165) is 19.3 Å². The fraction of sp³-hybridized carbons (Fsp3) is 0.467. The van der Waals surface area contributed by atoms with Crippen LogP contribution >= 0.6 is 0 Å². The fourth-order valence-electron chi connectivity index (χ4n) is 2.78. The highest BCUT2D eigenvalue weighted by molar-refractivity contribution is 6.00. The highest BCUT2D eigenvalue weighted by atomic mass is 16.4. The third-order valence-electron chi connectivity index (χ3n) is 4.12. The molecule has 2 rings (SSSR count). The second-order valence-electron chi connectivity index (χ2n) is 5.58. The number of nitrogens with zero attached hydrogens (tertiary/aromatic N) is 1. The van der Waals surface area contributed by atoms with Crippen LogP contribution in [0.3, 0.4) is 0 Å². The number of hydrogen-bond donors (Lipinski definition) is 4. The number of carbonyl (C=O) groups is 1. The molecule has 21 heavy (non-hydrogen) atoms. The third kappa shape index (κ3) is 3.09. The molecule has 6 nitrogen and oxygen atoms in total. The SMILES string of the molecule is Cc1cc(C(=O)NC2(/C(N)=N/O)CCCCC2)ccc1O. The van der Waals surface area contributed by atoms with Crippen molar-refractivity contribution < 1.29 is 15.1 Å². The summed E-state index contributed by atoms with van der Waals surface area (Å²) in [5, 5.41) is 24.5. The highest BCUT2D eigenvalue weighted by Gasteiger charge is 2.38. The topological polar surface area (TPSA) is 108 Å². The van der Waals surface area contributed by atoms with Gasteiger partial charge in [-0.1, -0.05) is 24.4 Å². The minimum absolute atomic E-state index is 0.0473. The van der Waals surface area contributed by atoms with Gasteiger partial charge < -0.3 is 21.4 Å². The van der Waals surface area contributed by atoms with Crippen LogP contribution in [0.1, 0.15) is 48.0 Å². The number of amides is 1. The molecule has 6 heteroatoms. The number of rotatable bonds is 3. The van der Waals surface area contributed by atoms with E-state index in [-0.39, 0.29) is 17.5 Å². The van der Waals surface area contributed by atoms with E-state index in [1.807, 2.05) is 0 Å². The Hall–Kier alpha value is -2.24. The van der Waals surface area contributed by atoms with Gasteiger partial charge in [0.1, 0.15) is 11.3 Å². The minimum Gasteiger partial charge on any atom is -0.508 e. The van der Waals surface area contributed by atoms with E-state index in [2.05, 4.69) is 10.5 Å². The number of aryl methyl sites for hydroxylation is 1. The van der Waals surface area contributed by atoms with Gasteiger partial charge in [0.25, 0.3) is 5.91 Å². The third-order valence-corrected chi connectivity index (χ3v) is 4.12. The molecule has 1 aromatic carbocycles. The predicted octanol–water partition coefficient (Wildman–Crippen LogP) is 1.88. The standard InChI is InChI=1S/C15H21N3O3/c1-10-9-11(5-6-12(10)19)13(20)17-15(14(16)18-21)7-3-2-4-8-15/h5-6,9,19,21H,2-4,7-8H2,1H3,(H2,16,18)(H,17,20). The van der Waals surface area contributed by atoms with Gasteiger partial charge >= 0.3 is 0 Å². The number of oxime groups is 1. The lowest BCUT2D eigenvalue weighted by Gasteiger charge is -2.36. The van der Waals surface area contributed by atoms with Crippen molar-refractivity contribution in [2.24, 2.45) is 10.9 Å². The van der Waals surface area contributed by atoms with E-state index in [0.29, 0.717) is 24.0 Å². The maximum Gasteiger partial charge on any atom is 0.252 e. The Morgan fingerprint density at radius 1 is 1.33 bits per heavy atom. The number of benzene rings is 1. The predicted molar refractivity (Wildman–Crippen MR) is 79.5 cm³/mol. The van der Waals surface area contributed by atoms with E-state index >= 15 is 0 Å². The molecule has 5 N–H and O–H groups in total. The van der Waals surface area contributed by atoms with Crippen molar-refractivity contribution in [1.29, 1.82) is 0 Å². The van der Waals surface area contributed by atoms with Crippen LogP contribution in [-0.2, 0) is 0 Å². The minimum atomic E-state index is -0.782. The number of hydrogen-bond acceptors (Lipinski definition) is 4. The molecule has 1 aliphatic rings. The van der Waals surface area contributed by atoms with E-state index < -0.39 is 5.54 Å². The van der Waals surface area contributed by atoms with Crippen molar-refractivity contribution >= 4 is 11.7 Å². The smallest absolute Gasteiger partial charge is 0.252 e. The second kappa shape index (κ2) is 6.03. The average Bonchev–Trinajstić information content (AvgIpc) is 2.50. The van der Waals surface area contributed by atoms with Gasteiger partial charge in [-0.05, 0) is 43.5 Å². The molecular weight excluding hydrogens is 270 g/mol. The molecule has 0 spiro atoms. The lowest BCUT2D eigenvalue weighted by molar-refractivity contribution is 0.0905. The Morgan fingerprint density at radius 3 is 2.57 bits per heavy atom.